The molecular weight excluding hydrogens is 408 g/mol. The number of benzene rings is 3. The van der Waals surface area contributed by atoms with Gasteiger partial charge in [-0.2, -0.15) is 0 Å². The van der Waals surface area contributed by atoms with E-state index in [9.17, 15) is 8.42 Å². The van der Waals surface area contributed by atoms with E-state index < -0.39 is 10.0 Å². The topological polar surface area (TPSA) is 58.6 Å². The normalized spacial score (nSPS) is 15.1. The molecule has 0 radical (unpaired) electrons. The minimum Gasteiger partial charge on any atom is -0.381 e. The molecule has 1 heterocycles. The molecule has 0 aliphatic carbocycles. The Balaban J connectivity index is 1.43. The van der Waals surface area contributed by atoms with Crippen LogP contribution in [0, 0.1) is 6.92 Å². The van der Waals surface area contributed by atoms with E-state index in [4.69, 9.17) is 4.74 Å². The molecule has 1 N–H and O–H groups in total. The highest BCUT2D eigenvalue weighted by Gasteiger charge is 2.19. The number of hydrogen-bond acceptors (Lipinski definition) is 4. The van der Waals surface area contributed by atoms with Crippen molar-refractivity contribution >= 4 is 21.4 Å². The first-order valence-electron chi connectivity index (χ1n) is 10.5. The van der Waals surface area contributed by atoms with Crippen molar-refractivity contribution in [3.8, 4) is 11.1 Å². The Bertz CT molecular complexity index is 1100. The quantitative estimate of drug-likeness (QED) is 0.586. The van der Waals surface area contributed by atoms with E-state index in [2.05, 4.69) is 9.62 Å². The number of piperidine rings is 1. The largest absolute Gasteiger partial charge is 0.381 e. The summed E-state index contributed by atoms with van der Waals surface area (Å²) in [4.78, 5) is 2.55. The predicted octanol–water partition coefficient (Wildman–Crippen LogP) is 5.08. The molecule has 0 saturated carbocycles. The van der Waals surface area contributed by atoms with Crippen molar-refractivity contribution in [2.75, 3.05) is 29.8 Å². The number of ether oxygens (including phenoxy) is 1. The number of sulfonamides is 1. The van der Waals surface area contributed by atoms with Gasteiger partial charge in [-0.1, -0.05) is 42.0 Å². The third-order valence-corrected chi connectivity index (χ3v) is 7.21. The zero-order valence-electron chi connectivity index (χ0n) is 17.9. The van der Waals surface area contributed by atoms with Crippen molar-refractivity contribution in [2.45, 2.75) is 30.8 Å². The van der Waals surface area contributed by atoms with Crippen LogP contribution in [0.15, 0.2) is 77.7 Å². The van der Waals surface area contributed by atoms with Crippen molar-refractivity contribution < 1.29 is 13.2 Å². The first-order valence-corrected chi connectivity index (χ1v) is 12.0. The first kappa shape index (κ1) is 21.4. The number of hydrogen-bond donors (Lipinski definition) is 1. The van der Waals surface area contributed by atoms with Crippen molar-refractivity contribution in [3.05, 3.63) is 78.4 Å². The fraction of sp³-hybridized carbons (Fsp3) is 0.280. The summed E-state index contributed by atoms with van der Waals surface area (Å²) < 4.78 is 33.7. The van der Waals surface area contributed by atoms with Gasteiger partial charge in [0, 0.05) is 31.6 Å². The predicted molar refractivity (Wildman–Crippen MR) is 126 cm³/mol. The van der Waals surface area contributed by atoms with Crippen LogP contribution in [-0.2, 0) is 14.8 Å². The van der Waals surface area contributed by atoms with Crippen LogP contribution in [0.2, 0.25) is 0 Å². The zero-order chi connectivity index (χ0) is 21.8. The highest BCUT2D eigenvalue weighted by Crippen LogP contribution is 2.26. The van der Waals surface area contributed by atoms with Crippen LogP contribution in [0.5, 0.6) is 0 Å². The summed E-state index contributed by atoms with van der Waals surface area (Å²) in [6.45, 7) is 3.93. The van der Waals surface area contributed by atoms with Crippen molar-refractivity contribution in [1.29, 1.82) is 0 Å². The fourth-order valence-electron chi connectivity index (χ4n) is 3.88. The van der Waals surface area contributed by atoms with Gasteiger partial charge in [0.15, 0.2) is 0 Å². The molecule has 0 aromatic heterocycles. The van der Waals surface area contributed by atoms with E-state index in [0.717, 1.165) is 42.7 Å². The second kappa shape index (κ2) is 9.12. The molecule has 0 atom stereocenters. The maximum Gasteiger partial charge on any atom is 0.261 e. The van der Waals surface area contributed by atoms with E-state index in [-0.39, 0.29) is 4.90 Å². The Morgan fingerprint density at radius 3 is 1.94 bits per heavy atom. The highest BCUT2D eigenvalue weighted by atomic mass is 32.2. The molecule has 1 saturated heterocycles. The lowest BCUT2D eigenvalue weighted by Crippen LogP contribution is -2.36. The van der Waals surface area contributed by atoms with E-state index in [0.29, 0.717) is 11.8 Å². The van der Waals surface area contributed by atoms with Crippen LogP contribution in [0.3, 0.4) is 0 Å². The van der Waals surface area contributed by atoms with E-state index in [1.807, 2.05) is 67.6 Å². The number of anilines is 2. The molecule has 4 rings (SSSR count). The van der Waals surface area contributed by atoms with E-state index in [1.165, 1.54) is 5.56 Å². The summed E-state index contributed by atoms with van der Waals surface area (Å²) in [6, 6.07) is 22.7. The van der Waals surface area contributed by atoms with Gasteiger partial charge in [-0.05, 0) is 67.3 Å². The summed E-state index contributed by atoms with van der Waals surface area (Å²) in [7, 11) is -1.89. The minimum absolute atomic E-state index is 0.245. The summed E-state index contributed by atoms with van der Waals surface area (Å²) >= 11 is 0. The molecule has 3 aromatic rings. The molecule has 162 valence electrons. The maximum absolute atomic E-state index is 12.8. The number of aryl methyl sites for hydroxylation is 1. The average Bonchev–Trinajstić information content (AvgIpc) is 2.80. The van der Waals surface area contributed by atoms with E-state index >= 15 is 0 Å². The molecular formula is C25H28N2O3S. The Kier molecular flexibility index (Phi) is 6.30. The summed E-state index contributed by atoms with van der Waals surface area (Å²) in [6.07, 6.45) is 2.34. The highest BCUT2D eigenvalue weighted by molar-refractivity contribution is 7.92. The van der Waals surface area contributed by atoms with Crippen LogP contribution < -0.4 is 9.62 Å². The van der Waals surface area contributed by atoms with Gasteiger partial charge in [0.05, 0.1) is 11.0 Å². The lowest BCUT2D eigenvalue weighted by Gasteiger charge is -2.33. The third-order valence-electron chi connectivity index (χ3n) is 5.81. The fourth-order valence-corrected chi connectivity index (χ4v) is 4.94. The number of methoxy groups -OCH3 is 1. The Hall–Kier alpha value is -2.83. The Labute approximate surface area is 184 Å². The summed E-state index contributed by atoms with van der Waals surface area (Å²) in [5.74, 6) is 0. The van der Waals surface area contributed by atoms with Crippen molar-refractivity contribution in [3.63, 3.8) is 0 Å². The molecule has 0 bridgehead atoms. The molecule has 1 fully saturated rings. The van der Waals surface area contributed by atoms with Gasteiger partial charge in [-0.25, -0.2) is 8.42 Å². The standard InChI is InChI=1S/C25H28N2O3S/c1-19-3-5-20(6-4-19)21-7-13-25(14-8-21)31(28,29)26-22-9-11-23(12-10-22)27-17-15-24(30-2)16-18-27/h3-14,24,26H,15-18H2,1-2H3. The van der Waals surface area contributed by atoms with Gasteiger partial charge in [0.2, 0.25) is 0 Å². The Morgan fingerprint density at radius 2 is 1.39 bits per heavy atom. The van der Waals surface area contributed by atoms with Crippen molar-refractivity contribution in [1.82, 2.24) is 0 Å². The van der Waals surface area contributed by atoms with Gasteiger partial charge < -0.3 is 9.64 Å². The molecule has 3 aromatic carbocycles. The monoisotopic (exact) mass is 436 g/mol. The molecule has 5 nitrogen and oxygen atoms in total. The average molecular weight is 437 g/mol. The number of rotatable bonds is 6. The van der Waals surface area contributed by atoms with Crippen LogP contribution in [0.1, 0.15) is 18.4 Å². The summed E-state index contributed by atoms with van der Waals surface area (Å²) in [5, 5.41) is 0. The van der Waals surface area contributed by atoms with Crippen molar-refractivity contribution in [2.24, 2.45) is 0 Å². The minimum atomic E-state index is -3.65. The van der Waals surface area contributed by atoms with Gasteiger partial charge in [0.1, 0.15) is 0 Å². The Morgan fingerprint density at radius 1 is 0.839 bits per heavy atom. The maximum atomic E-state index is 12.8. The van der Waals surface area contributed by atoms with E-state index in [1.54, 1.807) is 19.2 Å². The molecule has 0 spiro atoms. The molecule has 31 heavy (non-hydrogen) atoms. The van der Waals surface area contributed by atoms with Gasteiger partial charge >= 0.3 is 0 Å². The van der Waals surface area contributed by atoms with Crippen LogP contribution in [0.4, 0.5) is 11.4 Å². The smallest absolute Gasteiger partial charge is 0.261 e. The lowest BCUT2D eigenvalue weighted by molar-refractivity contribution is 0.0819. The summed E-state index contributed by atoms with van der Waals surface area (Å²) in [5.41, 5.74) is 4.89. The second-order valence-corrected chi connectivity index (χ2v) is 9.65. The van der Waals surface area contributed by atoms with Gasteiger partial charge in [-0.15, -0.1) is 0 Å². The number of nitrogens with one attached hydrogen (secondary N) is 1. The van der Waals surface area contributed by atoms with Gasteiger partial charge in [-0.3, -0.25) is 4.72 Å². The molecule has 1 aliphatic rings. The van der Waals surface area contributed by atoms with Crippen LogP contribution in [-0.4, -0.2) is 34.7 Å². The molecule has 0 unspecified atom stereocenters. The first-order chi connectivity index (χ1) is 14.9. The molecule has 0 amide bonds. The second-order valence-electron chi connectivity index (χ2n) is 7.96. The van der Waals surface area contributed by atoms with Gasteiger partial charge in [0.25, 0.3) is 10.0 Å². The zero-order valence-corrected chi connectivity index (χ0v) is 18.7. The van der Waals surface area contributed by atoms with Crippen LogP contribution >= 0.6 is 0 Å². The molecule has 6 heteroatoms. The number of nitrogens with zero attached hydrogens (tertiary/aromatic N) is 1. The van der Waals surface area contributed by atoms with Crippen LogP contribution in [0.25, 0.3) is 11.1 Å². The SMILES string of the molecule is COC1CCN(c2ccc(NS(=O)(=O)c3ccc(-c4ccc(C)cc4)cc3)cc2)CC1. The lowest BCUT2D eigenvalue weighted by atomic mass is 10.0. The molecule has 1 aliphatic heterocycles. The third kappa shape index (κ3) is 5.09.